The van der Waals surface area contributed by atoms with E-state index in [1.165, 1.54) is 0 Å². The molecule has 1 atom stereocenters. The summed E-state index contributed by atoms with van der Waals surface area (Å²) >= 11 is 0. The maximum absolute atomic E-state index is 12.8. The van der Waals surface area contributed by atoms with Crippen molar-refractivity contribution in [2.45, 2.75) is 50.8 Å². The van der Waals surface area contributed by atoms with Crippen molar-refractivity contribution < 1.29 is 23.8 Å². The van der Waals surface area contributed by atoms with Gasteiger partial charge in [0, 0.05) is 19.0 Å². The van der Waals surface area contributed by atoms with Crippen molar-refractivity contribution in [1.82, 2.24) is 10.2 Å². The van der Waals surface area contributed by atoms with Crippen molar-refractivity contribution in [2.75, 3.05) is 19.8 Å². The largest absolute Gasteiger partial charge is 0.443 e. The maximum Gasteiger partial charge on any atom is 0.290 e. The lowest BCUT2D eigenvalue weighted by Crippen LogP contribution is -2.50. The third-order valence-corrected chi connectivity index (χ3v) is 4.16. The highest BCUT2D eigenvalue weighted by Crippen LogP contribution is 2.20. The Labute approximate surface area is 152 Å². The Balaban J connectivity index is 1.66. The number of hydrogen-bond acceptors (Lipinski definition) is 5. The van der Waals surface area contributed by atoms with Crippen LogP contribution in [0.4, 0.5) is 0 Å². The molecule has 1 saturated carbocycles. The minimum absolute atomic E-state index is 0.0584. The zero-order chi connectivity index (χ0) is 18.7. The SMILES string of the molecule is CC(C)(O)C#Cc1ccc(C(=O)N2CCOC[C@@H]2CC(=O)NC2CC2)o1. The average Bonchev–Trinajstić information content (AvgIpc) is 3.25. The van der Waals surface area contributed by atoms with Crippen LogP contribution in [0.5, 0.6) is 0 Å². The molecule has 0 aromatic carbocycles. The summed E-state index contributed by atoms with van der Waals surface area (Å²) in [7, 11) is 0. The van der Waals surface area contributed by atoms with E-state index in [0.717, 1.165) is 12.8 Å². The highest BCUT2D eigenvalue weighted by Gasteiger charge is 2.32. The summed E-state index contributed by atoms with van der Waals surface area (Å²) in [5.41, 5.74) is -1.14. The normalized spacial score (nSPS) is 20.3. The molecule has 1 aliphatic heterocycles. The molecule has 26 heavy (non-hydrogen) atoms. The van der Waals surface area contributed by atoms with Gasteiger partial charge in [-0.2, -0.15) is 0 Å². The monoisotopic (exact) mass is 360 g/mol. The molecule has 0 unspecified atom stereocenters. The Kier molecular flexibility index (Phi) is 5.35. The van der Waals surface area contributed by atoms with Gasteiger partial charge < -0.3 is 24.5 Å². The predicted molar refractivity (Wildman–Crippen MR) is 93.3 cm³/mol. The van der Waals surface area contributed by atoms with Gasteiger partial charge in [-0.15, -0.1) is 0 Å². The number of carbonyl (C=O) groups excluding carboxylic acids is 2. The second-order valence-corrected chi connectivity index (χ2v) is 7.25. The Morgan fingerprint density at radius 2 is 2.15 bits per heavy atom. The zero-order valence-corrected chi connectivity index (χ0v) is 15.1. The Hall–Kier alpha value is -2.30. The number of hydrogen-bond donors (Lipinski definition) is 2. The highest BCUT2D eigenvalue weighted by atomic mass is 16.5. The molecule has 1 aromatic heterocycles. The fourth-order valence-corrected chi connectivity index (χ4v) is 2.70. The van der Waals surface area contributed by atoms with E-state index < -0.39 is 5.60 Å². The molecule has 3 rings (SSSR count). The predicted octanol–water partition coefficient (Wildman–Crippen LogP) is 0.912. The van der Waals surface area contributed by atoms with E-state index >= 15 is 0 Å². The van der Waals surface area contributed by atoms with Crippen molar-refractivity contribution >= 4 is 11.8 Å². The molecule has 2 heterocycles. The lowest BCUT2D eigenvalue weighted by atomic mass is 10.1. The molecule has 0 spiro atoms. The van der Waals surface area contributed by atoms with Crippen LogP contribution in [0.15, 0.2) is 16.5 Å². The van der Waals surface area contributed by atoms with Gasteiger partial charge in [0.1, 0.15) is 5.60 Å². The number of nitrogens with one attached hydrogen (secondary N) is 1. The number of aliphatic hydroxyl groups is 1. The highest BCUT2D eigenvalue weighted by molar-refractivity contribution is 5.92. The second-order valence-electron chi connectivity index (χ2n) is 7.25. The average molecular weight is 360 g/mol. The summed E-state index contributed by atoms with van der Waals surface area (Å²) in [5, 5.41) is 12.6. The van der Waals surface area contributed by atoms with Crippen LogP contribution in [0.3, 0.4) is 0 Å². The number of ether oxygens (including phenoxy) is 1. The van der Waals surface area contributed by atoms with Crippen LogP contribution in [-0.2, 0) is 9.53 Å². The molecule has 1 saturated heterocycles. The first-order chi connectivity index (χ1) is 12.3. The van der Waals surface area contributed by atoms with Gasteiger partial charge in [-0.25, -0.2) is 0 Å². The summed E-state index contributed by atoms with van der Waals surface area (Å²) < 4.78 is 11.0. The smallest absolute Gasteiger partial charge is 0.290 e. The van der Waals surface area contributed by atoms with Crippen LogP contribution in [0, 0.1) is 11.8 Å². The van der Waals surface area contributed by atoms with Crippen molar-refractivity contribution in [3.8, 4) is 11.8 Å². The number of carbonyl (C=O) groups is 2. The van der Waals surface area contributed by atoms with Gasteiger partial charge in [0.25, 0.3) is 5.91 Å². The van der Waals surface area contributed by atoms with Crippen LogP contribution in [0.2, 0.25) is 0 Å². The summed E-state index contributed by atoms with van der Waals surface area (Å²) in [5.74, 6) is 5.49. The molecule has 2 N–H and O–H groups in total. The molecule has 0 radical (unpaired) electrons. The summed E-state index contributed by atoms with van der Waals surface area (Å²) in [6.07, 6.45) is 2.27. The van der Waals surface area contributed by atoms with E-state index in [2.05, 4.69) is 17.2 Å². The molecule has 2 aliphatic rings. The van der Waals surface area contributed by atoms with E-state index in [1.807, 2.05) is 0 Å². The first kappa shape index (κ1) is 18.5. The molecule has 1 aromatic rings. The van der Waals surface area contributed by atoms with E-state index in [9.17, 15) is 14.7 Å². The van der Waals surface area contributed by atoms with Gasteiger partial charge in [-0.3, -0.25) is 9.59 Å². The van der Waals surface area contributed by atoms with Gasteiger partial charge in [0.05, 0.1) is 19.3 Å². The lowest BCUT2D eigenvalue weighted by molar-refractivity contribution is -0.123. The van der Waals surface area contributed by atoms with Crippen LogP contribution in [-0.4, -0.2) is 59.3 Å². The van der Waals surface area contributed by atoms with Crippen LogP contribution in [0.1, 0.15) is 49.4 Å². The van der Waals surface area contributed by atoms with Gasteiger partial charge in [0.15, 0.2) is 11.5 Å². The number of rotatable bonds is 4. The van der Waals surface area contributed by atoms with Crippen molar-refractivity contribution in [1.29, 1.82) is 0 Å². The summed E-state index contributed by atoms with van der Waals surface area (Å²) in [4.78, 5) is 26.5. The molecule has 7 heteroatoms. The molecule has 7 nitrogen and oxygen atoms in total. The molecular formula is C19H24N2O5. The van der Waals surface area contributed by atoms with E-state index in [4.69, 9.17) is 9.15 Å². The third-order valence-electron chi connectivity index (χ3n) is 4.16. The lowest BCUT2D eigenvalue weighted by Gasteiger charge is -2.34. The fraction of sp³-hybridized carbons (Fsp3) is 0.579. The third kappa shape index (κ3) is 5.10. The fourth-order valence-electron chi connectivity index (χ4n) is 2.70. The number of morpholine rings is 1. The molecule has 2 fully saturated rings. The second kappa shape index (κ2) is 7.52. The van der Waals surface area contributed by atoms with Crippen LogP contribution in [0.25, 0.3) is 0 Å². The number of nitrogens with zero attached hydrogens (tertiary/aromatic N) is 1. The summed E-state index contributed by atoms with van der Waals surface area (Å²) in [6.45, 7) is 4.31. The zero-order valence-electron chi connectivity index (χ0n) is 15.1. The van der Waals surface area contributed by atoms with E-state index in [-0.39, 0.29) is 36.1 Å². The van der Waals surface area contributed by atoms with Crippen LogP contribution < -0.4 is 5.32 Å². The Bertz CT molecular complexity index is 733. The summed E-state index contributed by atoms with van der Waals surface area (Å²) in [6, 6.07) is 3.14. The standard InChI is InChI=1S/C19H24N2O5/c1-19(2,24)8-7-15-5-6-16(26-15)18(23)21-9-10-25-12-14(21)11-17(22)20-13-3-4-13/h5-6,13-14,24H,3-4,9-12H2,1-2H3,(H,20,22)/t14-/m0/s1. The number of amides is 2. The van der Waals surface area contributed by atoms with E-state index in [1.54, 1.807) is 30.9 Å². The first-order valence-electron chi connectivity index (χ1n) is 8.85. The molecule has 140 valence electrons. The molecule has 2 amide bonds. The van der Waals surface area contributed by atoms with Crippen molar-refractivity contribution in [2.24, 2.45) is 0 Å². The Morgan fingerprint density at radius 3 is 2.85 bits per heavy atom. The first-order valence-corrected chi connectivity index (χ1v) is 8.85. The van der Waals surface area contributed by atoms with Gasteiger partial charge in [-0.05, 0) is 44.7 Å². The van der Waals surface area contributed by atoms with Crippen molar-refractivity contribution in [3.05, 3.63) is 23.7 Å². The number of furan rings is 1. The molecular weight excluding hydrogens is 336 g/mol. The maximum atomic E-state index is 12.8. The minimum Gasteiger partial charge on any atom is -0.443 e. The Morgan fingerprint density at radius 1 is 1.38 bits per heavy atom. The van der Waals surface area contributed by atoms with Crippen LogP contribution >= 0.6 is 0 Å². The van der Waals surface area contributed by atoms with Gasteiger partial charge in [-0.1, -0.05) is 5.92 Å². The quantitative estimate of drug-likeness (QED) is 0.779. The topological polar surface area (TPSA) is 92.0 Å². The van der Waals surface area contributed by atoms with Crippen molar-refractivity contribution in [3.63, 3.8) is 0 Å². The van der Waals surface area contributed by atoms with Gasteiger partial charge >= 0.3 is 0 Å². The molecule has 0 bridgehead atoms. The molecule has 1 aliphatic carbocycles. The van der Waals surface area contributed by atoms with E-state index in [0.29, 0.717) is 25.5 Å². The minimum atomic E-state index is -1.14. The van der Waals surface area contributed by atoms with Gasteiger partial charge in [0.2, 0.25) is 5.91 Å².